The van der Waals surface area contributed by atoms with Gasteiger partial charge in [0.15, 0.2) is 0 Å². The Morgan fingerprint density at radius 2 is 1.80 bits per heavy atom. The number of ether oxygens (including phenoxy) is 1. The van der Waals surface area contributed by atoms with Crippen molar-refractivity contribution in [3.8, 4) is 0 Å². The van der Waals surface area contributed by atoms with Gasteiger partial charge in [-0.2, -0.15) is 0 Å². The van der Waals surface area contributed by atoms with Crippen LogP contribution in [-0.2, 0) is 11.3 Å². The molecule has 3 aromatic carbocycles. The molecule has 210 valence electrons. The topological polar surface area (TPSA) is 42.3 Å². The summed E-state index contributed by atoms with van der Waals surface area (Å²) in [7, 11) is 0. The minimum atomic E-state index is -0.272. The number of aromatic nitrogens is 2. The third-order valence-corrected chi connectivity index (χ3v) is 8.34. The minimum absolute atomic E-state index is 0.272. The first-order valence-corrected chi connectivity index (χ1v) is 14.6. The Morgan fingerprint density at radius 1 is 0.951 bits per heavy atom. The summed E-state index contributed by atoms with van der Waals surface area (Å²) in [5, 5.41) is 6.57. The highest BCUT2D eigenvalue weighted by Gasteiger charge is 2.12. The number of hydrogen-bond acceptors (Lipinski definition) is 4. The zero-order valence-electron chi connectivity index (χ0n) is 22.6. The lowest BCUT2D eigenvalue weighted by molar-refractivity contribution is 0.0378. The highest BCUT2D eigenvalue weighted by molar-refractivity contribution is 6.42. The van der Waals surface area contributed by atoms with E-state index in [0.717, 1.165) is 90.1 Å². The number of morpholine rings is 1. The molecule has 41 heavy (non-hydrogen) atoms. The van der Waals surface area contributed by atoms with Crippen LogP contribution in [0, 0.1) is 5.82 Å². The largest absolute Gasteiger partial charge is 0.384 e. The van der Waals surface area contributed by atoms with E-state index in [9.17, 15) is 4.39 Å². The second kappa shape index (κ2) is 12.6. The van der Waals surface area contributed by atoms with E-state index in [1.807, 2.05) is 36.4 Å². The molecule has 0 unspecified atom stereocenters. The van der Waals surface area contributed by atoms with Crippen molar-refractivity contribution in [1.82, 2.24) is 14.5 Å². The quantitative estimate of drug-likeness (QED) is 0.177. The standard InChI is InChI=1S/C33H31Cl2FN4O/c34-29-7-3-5-24(33(29)35)22-40-21-23(27-6-1-2-8-32(27)40)9-11-26-20-31(28-19-25(36)10-12-30(28)38-26)37-13-4-14-39-15-17-41-18-16-39/h1-3,5-12,19-21H,4,13-18,22H2,(H,37,38)/b11-9+. The molecule has 1 aliphatic rings. The summed E-state index contributed by atoms with van der Waals surface area (Å²) in [4.78, 5) is 7.23. The third-order valence-electron chi connectivity index (χ3n) is 7.49. The van der Waals surface area contributed by atoms with Gasteiger partial charge in [0, 0.05) is 59.9 Å². The van der Waals surface area contributed by atoms with Crippen molar-refractivity contribution in [2.75, 3.05) is 44.7 Å². The number of pyridine rings is 1. The number of para-hydroxylation sites is 1. The van der Waals surface area contributed by atoms with Gasteiger partial charge in [0.25, 0.3) is 0 Å². The van der Waals surface area contributed by atoms with Crippen LogP contribution in [0.5, 0.6) is 0 Å². The van der Waals surface area contributed by atoms with E-state index in [-0.39, 0.29) is 5.82 Å². The van der Waals surface area contributed by atoms with Crippen molar-refractivity contribution in [3.05, 3.63) is 106 Å². The second-order valence-corrected chi connectivity index (χ2v) is 11.1. The average Bonchev–Trinajstić information content (AvgIpc) is 3.34. The summed E-state index contributed by atoms with van der Waals surface area (Å²) in [5.74, 6) is -0.272. The summed E-state index contributed by atoms with van der Waals surface area (Å²) in [5.41, 5.74) is 5.57. The number of hydrogen-bond donors (Lipinski definition) is 1. The number of nitrogens with zero attached hydrogens (tertiary/aromatic N) is 3. The highest BCUT2D eigenvalue weighted by Crippen LogP contribution is 2.30. The van der Waals surface area contributed by atoms with Gasteiger partial charge in [-0.1, -0.05) is 59.6 Å². The van der Waals surface area contributed by atoms with Crippen molar-refractivity contribution < 1.29 is 9.13 Å². The van der Waals surface area contributed by atoms with Crippen molar-refractivity contribution in [2.45, 2.75) is 13.0 Å². The molecule has 1 fully saturated rings. The van der Waals surface area contributed by atoms with Crippen LogP contribution in [0.15, 0.2) is 72.9 Å². The number of benzene rings is 3. The molecule has 8 heteroatoms. The van der Waals surface area contributed by atoms with Crippen LogP contribution in [0.3, 0.4) is 0 Å². The summed E-state index contributed by atoms with van der Waals surface area (Å²) < 4.78 is 21.8. The molecule has 0 saturated carbocycles. The maximum Gasteiger partial charge on any atom is 0.124 e. The summed E-state index contributed by atoms with van der Waals surface area (Å²) >= 11 is 12.8. The summed E-state index contributed by atoms with van der Waals surface area (Å²) in [6.07, 6.45) is 7.21. The summed E-state index contributed by atoms with van der Waals surface area (Å²) in [6, 6.07) is 20.7. The zero-order chi connectivity index (χ0) is 28.2. The van der Waals surface area contributed by atoms with E-state index in [1.54, 1.807) is 18.2 Å². The average molecular weight is 590 g/mol. The Labute approximate surface area is 249 Å². The van der Waals surface area contributed by atoms with Gasteiger partial charge < -0.3 is 14.6 Å². The van der Waals surface area contributed by atoms with Crippen LogP contribution in [0.2, 0.25) is 10.0 Å². The van der Waals surface area contributed by atoms with Gasteiger partial charge in [0.1, 0.15) is 5.82 Å². The van der Waals surface area contributed by atoms with Gasteiger partial charge in [-0.05, 0) is 61.0 Å². The molecule has 0 radical (unpaired) electrons. The predicted octanol–water partition coefficient (Wildman–Crippen LogP) is 7.99. The maximum absolute atomic E-state index is 14.2. The molecule has 1 N–H and O–H groups in total. The van der Waals surface area contributed by atoms with Crippen LogP contribution in [0.4, 0.5) is 10.1 Å². The molecule has 5 aromatic rings. The van der Waals surface area contributed by atoms with E-state index >= 15 is 0 Å². The van der Waals surface area contributed by atoms with Gasteiger partial charge in [-0.3, -0.25) is 4.90 Å². The zero-order valence-corrected chi connectivity index (χ0v) is 24.1. The molecule has 6 rings (SSSR count). The van der Waals surface area contributed by atoms with Gasteiger partial charge in [0.2, 0.25) is 0 Å². The number of rotatable bonds is 9. The van der Waals surface area contributed by atoms with Crippen LogP contribution in [-0.4, -0.2) is 53.8 Å². The van der Waals surface area contributed by atoms with E-state index in [2.05, 4.69) is 39.2 Å². The van der Waals surface area contributed by atoms with Crippen LogP contribution in [0.25, 0.3) is 34.0 Å². The van der Waals surface area contributed by atoms with Crippen LogP contribution in [0.1, 0.15) is 23.2 Å². The Kier molecular flexibility index (Phi) is 8.54. The molecule has 2 aromatic heterocycles. The normalized spacial score (nSPS) is 14.4. The minimum Gasteiger partial charge on any atom is -0.384 e. The van der Waals surface area contributed by atoms with Gasteiger partial charge >= 0.3 is 0 Å². The van der Waals surface area contributed by atoms with E-state index in [0.29, 0.717) is 16.6 Å². The lowest BCUT2D eigenvalue weighted by Gasteiger charge is -2.26. The highest BCUT2D eigenvalue weighted by atomic mass is 35.5. The fourth-order valence-electron chi connectivity index (χ4n) is 5.37. The number of anilines is 1. The first kappa shape index (κ1) is 27.7. The van der Waals surface area contributed by atoms with Gasteiger partial charge in [-0.25, -0.2) is 9.37 Å². The van der Waals surface area contributed by atoms with Crippen molar-refractivity contribution in [1.29, 1.82) is 0 Å². The Morgan fingerprint density at radius 3 is 2.68 bits per heavy atom. The number of nitrogens with one attached hydrogen (secondary N) is 1. The van der Waals surface area contributed by atoms with Crippen LogP contribution >= 0.6 is 23.2 Å². The lowest BCUT2D eigenvalue weighted by atomic mass is 10.1. The molecule has 0 aliphatic carbocycles. The van der Waals surface area contributed by atoms with E-state index in [4.69, 9.17) is 32.9 Å². The fourth-order valence-corrected chi connectivity index (χ4v) is 5.75. The van der Waals surface area contributed by atoms with Gasteiger partial charge in [0.05, 0.1) is 34.5 Å². The number of fused-ring (bicyclic) bond motifs is 2. The van der Waals surface area contributed by atoms with Crippen molar-refractivity contribution >= 4 is 62.8 Å². The Balaban J connectivity index is 1.26. The maximum atomic E-state index is 14.2. The fraction of sp³-hybridized carbons (Fsp3) is 0.242. The van der Waals surface area contributed by atoms with Crippen molar-refractivity contribution in [3.63, 3.8) is 0 Å². The molecule has 5 nitrogen and oxygen atoms in total. The molecule has 0 bridgehead atoms. The van der Waals surface area contributed by atoms with E-state index < -0.39 is 0 Å². The molecule has 0 amide bonds. The molecular weight excluding hydrogens is 558 g/mol. The second-order valence-electron chi connectivity index (χ2n) is 10.3. The lowest BCUT2D eigenvalue weighted by Crippen LogP contribution is -2.37. The molecule has 3 heterocycles. The van der Waals surface area contributed by atoms with Crippen molar-refractivity contribution in [2.24, 2.45) is 0 Å². The first-order valence-electron chi connectivity index (χ1n) is 13.9. The predicted molar refractivity (Wildman–Crippen MR) is 168 cm³/mol. The SMILES string of the molecule is Fc1ccc2nc(/C=C/c3cn(Cc4cccc(Cl)c4Cl)c4ccccc34)cc(NCCCN3CCOCC3)c2c1. The molecule has 0 spiro atoms. The Bertz CT molecular complexity index is 1710. The molecule has 1 aliphatic heterocycles. The molecular formula is C33H31Cl2FN4O. The first-order chi connectivity index (χ1) is 20.0. The molecule has 0 atom stereocenters. The van der Waals surface area contributed by atoms with E-state index in [1.165, 1.54) is 6.07 Å². The molecule has 1 saturated heterocycles. The summed E-state index contributed by atoms with van der Waals surface area (Å²) in [6.45, 7) is 5.93. The monoisotopic (exact) mass is 588 g/mol. The Hall–Kier alpha value is -3.42. The van der Waals surface area contributed by atoms with Gasteiger partial charge in [-0.15, -0.1) is 0 Å². The van der Waals surface area contributed by atoms with Crippen LogP contribution < -0.4 is 5.32 Å². The third kappa shape index (κ3) is 6.41. The number of halogens is 3. The smallest absolute Gasteiger partial charge is 0.124 e.